The van der Waals surface area contributed by atoms with Gasteiger partial charge in [0.25, 0.3) is 5.91 Å². The molecule has 1 N–H and O–H groups in total. The molecule has 2 aromatic heterocycles. The van der Waals surface area contributed by atoms with Gasteiger partial charge in [-0.05, 0) is 36.6 Å². The number of nitrogens with one attached hydrogen (secondary N) is 1. The Balaban J connectivity index is 1.59. The summed E-state index contributed by atoms with van der Waals surface area (Å²) in [5, 5.41) is 1.12. The molecule has 0 radical (unpaired) electrons. The van der Waals surface area contributed by atoms with Crippen LogP contribution in [0.15, 0.2) is 54.9 Å². The summed E-state index contributed by atoms with van der Waals surface area (Å²) in [6, 6.07) is 14.0. The Kier molecular flexibility index (Phi) is 4.37. The van der Waals surface area contributed by atoms with E-state index in [2.05, 4.69) is 41.0 Å². The predicted molar refractivity (Wildman–Crippen MR) is 104 cm³/mol. The van der Waals surface area contributed by atoms with Crippen LogP contribution in [0.3, 0.4) is 0 Å². The number of nitrogens with zero attached hydrogens (tertiary/aromatic N) is 3. The Labute approximate surface area is 153 Å². The monoisotopic (exact) mass is 348 g/mol. The molecule has 134 valence electrons. The molecule has 5 heteroatoms. The number of benzene rings is 1. The van der Waals surface area contributed by atoms with Crippen molar-refractivity contribution in [2.45, 2.75) is 19.4 Å². The van der Waals surface area contributed by atoms with Gasteiger partial charge in [-0.25, -0.2) is 4.98 Å². The summed E-state index contributed by atoms with van der Waals surface area (Å²) in [6.07, 6.45) is 4.77. The maximum absolute atomic E-state index is 12.9. The topological polar surface area (TPSA) is 52.2 Å². The number of fused-ring (bicyclic) bond motifs is 1. The number of piperidine rings is 1. The fourth-order valence-corrected chi connectivity index (χ4v) is 3.93. The van der Waals surface area contributed by atoms with Crippen LogP contribution in [0.4, 0.5) is 5.69 Å². The first-order valence-electron chi connectivity index (χ1n) is 9.14. The number of likely N-dealkylation sites (tertiary alicyclic amines) is 1. The lowest BCUT2D eigenvalue weighted by Gasteiger charge is -2.42. The van der Waals surface area contributed by atoms with Crippen LogP contribution < -0.4 is 4.90 Å². The van der Waals surface area contributed by atoms with E-state index >= 15 is 0 Å². The summed E-state index contributed by atoms with van der Waals surface area (Å²) in [5.41, 5.74) is 2.82. The summed E-state index contributed by atoms with van der Waals surface area (Å²) in [4.78, 5) is 24.7. The molecular formula is C21H24N4O. The lowest BCUT2D eigenvalue weighted by Crippen LogP contribution is -2.52. The number of hydrogen-bond donors (Lipinski definition) is 1. The molecule has 1 aliphatic rings. The molecule has 3 aromatic rings. The molecule has 0 bridgehead atoms. The van der Waals surface area contributed by atoms with Crippen molar-refractivity contribution < 1.29 is 4.79 Å². The number of H-pyrrole nitrogens is 1. The van der Waals surface area contributed by atoms with Gasteiger partial charge in [0.2, 0.25) is 0 Å². The van der Waals surface area contributed by atoms with E-state index in [1.807, 2.05) is 47.6 Å². The van der Waals surface area contributed by atoms with Crippen molar-refractivity contribution in [2.75, 3.05) is 25.0 Å². The minimum Gasteiger partial charge on any atom is -0.369 e. The fraction of sp³-hybridized carbons (Fsp3) is 0.333. The summed E-state index contributed by atoms with van der Waals surface area (Å²) in [6.45, 7) is 3.83. The highest BCUT2D eigenvalue weighted by molar-refractivity contribution is 5.94. The Morgan fingerprint density at radius 2 is 2.04 bits per heavy atom. The molecule has 4 rings (SSSR count). The van der Waals surface area contributed by atoms with E-state index in [-0.39, 0.29) is 11.9 Å². The normalized spacial score (nSPS) is 20.3. The molecule has 0 saturated carbocycles. The molecular weight excluding hydrogens is 324 g/mol. The fourth-order valence-electron chi connectivity index (χ4n) is 3.93. The van der Waals surface area contributed by atoms with Gasteiger partial charge in [-0.3, -0.25) is 4.79 Å². The standard InChI is InChI=1S/C21H24N4O/c1-15-10-13-25(21(26)16-6-4-3-5-7-16)14-19(15)24(2)18-9-12-23-20-17(18)8-11-22-20/h3-9,11-12,15,19H,10,13-14H2,1-2H3,(H,22,23)/t15-,19+/m1/s1. The van der Waals surface area contributed by atoms with E-state index < -0.39 is 0 Å². The van der Waals surface area contributed by atoms with Crippen LogP contribution in [0.1, 0.15) is 23.7 Å². The van der Waals surface area contributed by atoms with E-state index in [9.17, 15) is 4.79 Å². The van der Waals surface area contributed by atoms with Crippen molar-refractivity contribution in [3.8, 4) is 0 Å². The number of carbonyl (C=O) groups excluding carboxylic acids is 1. The first-order chi connectivity index (χ1) is 12.6. The van der Waals surface area contributed by atoms with E-state index in [1.54, 1.807) is 0 Å². The predicted octanol–water partition coefficient (Wildman–Crippen LogP) is 3.55. The van der Waals surface area contributed by atoms with Gasteiger partial charge in [-0.2, -0.15) is 0 Å². The zero-order valence-electron chi connectivity index (χ0n) is 15.2. The molecule has 1 fully saturated rings. The van der Waals surface area contributed by atoms with Crippen molar-refractivity contribution >= 4 is 22.6 Å². The van der Waals surface area contributed by atoms with Gasteiger partial charge < -0.3 is 14.8 Å². The van der Waals surface area contributed by atoms with Crippen molar-refractivity contribution in [2.24, 2.45) is 5.92 Å². The minimum atomic E-state index is 0.123. The summed E-state index contributed by atoms with van der Waals surface area (Å²) in [5.74, 6) is 0.638. The number of likely N-dealkylation sites (N-methyl/N-ethyl adjacent to an activating group) is 1. The van der Waals surface area contributed by atoms with Crippen LogP contribution in [-0.4, -0.2) is 47.0 Å². The highest BCUT2D eigenvalue weighted by Crippen LogP contribution is 2.30. The molecule has 1 aromatic carbocycles. The Morgan fingerprint density at radius 3 is 2.85 bits per heavy atom. The first kappa shape index (κ1) is 16.6. The lowest BCUT2D eigenvalue weighted by atomic mass is 9.91. The second kappa shape index (κ2) is 6.83. The van der Waals surface area contributed by atoms with Gasteiger partial charge >= 0.3 is 0 Å². The molecule has 1 amide bonds. The molecule has 0 spiro atoms. The number of aromatic nitrogens is 2. The smallest absolute Gasteiger partial charge is 0.253 e. The third kappa shape index (κ3) is 2.94. The van der Waals surface area contributed by atoms with Crippen LogP contribution in [0.25, 0.3) is 11.0 Å². The lowest BCUT2D eigenvalue weighted by molar-refractivity contribution is 0.0670. The number of pyridine rings is 1. The average Bonchev–Trinajstić information content (AvgIpc) is 3.17. The maximum Gasteiger partial charge on any atom is 0.253 e. The SMILES string of the molecule is C[C@@H]1CCN(C(=O)c2ccccc2)C[C@@H]1N(C)c1ccnc2[nH]ccc12. The largest absolute Gasteiger partial charge is 0.369 e. The quantitative estimate of drug-likeness (QED) is 0.787. The van der Waals surface area contributed by atoms with Gasteiger partial charge in [-0.15, -0.1) is 0 Å². The van der Waals surface area contributed by atoms with E-state index in [1.165, 1.54) is 0 Å². The minimum absolute atomic E-state index is 0.123. The highest BCUT2D eigenvalue weighted by atomic mass is 16.2. The summed E-state index contributed by atoms with van der Waals surface area (Å²) in [7, 11) is 2.12. The van der Waals surface area contributed by atoms with Crippen LogP contribution in [-0.2, 0) is 0 Å². The number of amides is 1. The Hall–Kier alpha value is -2.82. The molecule has 0 unspecified atom stereocenters. The van der Waals surface area contributed by atoms with Crippen molar-refractivity contribution in [3.05, 3.63) is 60.4 Å². The highest BCUT2D eigenvalue weighted by Gasteiger charge is 2.32. The number of anilines is 1. The molecule has 1 saturated heterocycles. The number of carbonyl (C=O) groups is 1. The van der Waals surface area contributed by atoms with Crippen LogP contribution in [0, 0.1) is 5.92 Å². The maximum atomic E-state index is 12.9. The number of rotatable bonds is 3. The third-order valence-electron chi connectivity index (χ3n) is 5.54. The van der Waals surface area contributed by atoms with Crippen molar-refractivity contribution in [3.63, 3.8) is 0 Å². The molecule has 1 aliphatic heterocycles. The Bertz CT molecular complexity index is 905. The van der Waals surface area contributed by atoms with E-state index in [4.69, 9.17) is 0 Å². The van der Waals surface area contributed by atoms with Crippen LogP contribution in [0.2, 0.25) is 0 Å². The summed E-state index contributed by atoms with van der Waals surface area (Å²) < 4.78 is 0. The van der Waals surface area contributed by atoms with Gasteiger partial charge in [0, 0.05) is 55.2 Å². The molecule has 26 heavy (non-hydrogen) atoms. The molecule has 5 nitrogen and oxygen atoms in total. The zero-order valence-corrected chi connectivity index (χ0v) is 15.2. The van der Waals surface area contributed by atoms with Crippen LogP contribution >= 0.6 is 0 Å². The summed E-state index contributed by atoms with van der Waals surface area (Å²) >= 11 is 0. The average molecular weight is 348 g/mol. The second-order valence-corrected chi connectivity index (χ2v) is 7.13. The third-order valence-corrected chi connectivity index (χ3v) is 5.54. The van der Waals surface area contributed by atoms with Gasteiger partial charge in [0.05, 0.1) is 0 Å². The van der Waals surface area contributed by atoms with Crippen molar-refractivity contribution in [1.29, 1.82) is 0 Å². The van der Waals surface area contributed by atoms with Crippen molar-refractivity contribution in [1.82, 2.24) is 14.9 Å². The number of aromatic amines is 1. The molecule has 2 atom stereocenters. The molecule has 0 aliphatic carbocycles. The Morgan fingerprint density at radius 1 is 1.23 bits per heavy atom. The van der Waals surface area contributed by atoms with Crippen LogP contribution in [0.5, 0.6) is 0 Å². The first-order valence-corrected chi connectivity index (χ1v) is 9.14. The van der Waals surface area contributed by atoms with E-state index in [0.717, 1.165) is 41.8 Å². The van der Waals surface area contributed by atoms with E-state index in [0.29, 0.717) is 5.92 Å². The zero-order chi connectivity index (χ0) is 18.1. The molecule has 3 heterocycles. The van der Waals surface area contributed by atoms with Gasteiger partial charge in [-0.1, -0.05) is 25.1 Å². The van der Waals surface area contributed by atoms with Gasteiger partial charge in [0.1, 0.15) is 5.65 Å². The van der Waals surface area contributed by atoms with Gasteiger partial charge in [0.15, 0.2) is 0 Å². The number of hydrogen-bond acceptors (Lipinski definition) is 3. The second-order valence-electron chi connectivity index (χ2n) is 7.13.